The van der Waals surface area contributed by atoms with Crippen molar-refractivity contribution in [2.75, 3.05) is 33.8 Å². The van der Waals surface area contributed by atoms with Crippen molar-refractivity contribution in [2.45, 2.75) is 31.6 Å². The minimum Gasteiger partial charge on any atom is -0.469 e. The van der Waals surface area contributed by atoms with Crippen molar-refractivity contribution < 1.29 is 9.53 Å². The van der Waals surface area contributed by atoms with E-state index >= 15 is 0 Å². The standard InChI is InChI=1S/C16H27N5O2.HI/c1-17-16(18-8-5-4-6-15(22)23-3)21-9-7-13(12-21)14-10-19-20(2)11-14;/h10-11,13H,4-9,12H2,1-3H3,(H,17,18);1H. The van der Waals surface area contributed by atoms with E-state index in [4.69, 9.17) is 0 Å². The monoisotopic (exact) mass is 449 g/mol. The van der Waals surface area contributed by atoms with Crippen molar-refractivity contribution in [2.24, 2.45) is 12.0 Å². The quantitative estimate of drug-likeness (QED) is 0.236. The van der Waals surface area contributed by atoms with E-state index in [-0.39, 0.29) is 29.9 Å². The molecule has 1 fully saturated rings. The van der Waals surface area contributed by atoms with Crippen LogP contribution in [0.25, 0.3) is 0 Å². The molecule has 7 nitrogen and oxygen atoms in total. The number of nitrogens with one attached hydrogen (secondary N) is 1. The van der Waals surface area contributed by atoms with Crippen LogP contribution in [0.3, 0.4) is 0 Å². The Morgan fingerprint density at radius 1 is 1.50 bits per heavy atom. The second kappa shape index (κ2) is 10.5. The van der Waals surface area contributed by atoms with Crippen LogP contribution in [0.5, 0.6) is 0 Å². The van der Waals surface area contributed by atoms with Gasteiger partial charge in [0.1, 0.15) is 0 Å². The zero-order valence-corrected chi connectivity index (χ0v) is 17.0. The van der Waals surface area contributed by atoms with Gasteiger partial charge in [0.2, 0.25) is 0 Å². The summed E-state index contributed by atoms with van der Waals surface area (Å²) in [5, 5.41) is 7.64. The zero-order chi connectivity index (χ0) is 16.7. The number of aryl methyl sites for hydroxylation is 1. The van der Waals surface area contributed by atoms with Gasteiger partial charge in [0.25, 0.3) is 0 Å². The van der Waals surface area contributed by atoms with Crippen molar-refractivity contribution in [3.05, 3.63) is 18.0 Å². The third-order valence-electron chi connectivity index (χ3n) is 4.21. The highest BCUT2D eigenvalue weighted by Gasteiger charge is 2.26. The Labute approximate surface area is 160 Å². The van der Waals surface area contributed by atoms with E-state index in [0.717, 1.165) is 44.9 Å². The van der Waals surface area contributed by atoms with Gasteiger partial charge in [-0.25, -0.2) is 0 Å². The lowest BCUT2D eigenvalue weighted by atomic mass is 10.0. The van der Waals surface area contributed by atoms with Crippen LogP contribution in [-0.4, -0.2) is 60.4 Å². The Hall–Kier alpha value is -1.32. The average molecular weight is 449 g/mol. The molecule has 1 aliphatic heterocycles. The molecule has 1 saturated heterocycles. The maximum atomic E-state index is 11.1. The Morgan fingerprint density at radius 2 is 2.29 bits per heavy atom. The first-order chi connectivity index (χ1) is 11.1. The summed E-state index contributed by atoms with van der Waals surface area (Å²) in [6.45, 7) is 2.78. The molecule has 0 spiro atoms. The van der Waals surface area contributed by atoms with E-state index in [9.17, 15) is 4.79 Å². The molecule has 0 saturated carbocycles. The zero-order valence-electron chi connectivity index (χ0n) is 14.7. The van der Waals surface area contributed by atoms with E-state index in [1.165, 1.54) is 12.7 Å². The van der Waals surface area contributed by atoms with Crippen LogP contribution in [0.1, 0.15) is 37.2 Å². The fraction of sp³-hybridized carbons (Fsp3) is 0.688. The fourth-order valence-electron chi connectivity index (χ4n) is 2.90. The highest BCUT2D eigenvalue weighted by atomic mass is 127. The number of aromatic nitrogens is 2. The summed E-state index contributed by atoms with van der Waals surface area (Å²) >= 11 is 0. The molecular weight excluding hydrogens is 421 g/mol. The molecule has 1 N–H and O–H groups in total. The summed E-state index contributed by atoms with van der Waals surface area (Å²) in [6.07, 6.45) is 7.40. The van der Waals surface area contributed by atoms with Crippen LogP contribution in [0.4, 0.5) is 0 Å². The van der Waals surface area contributed by atoms with Crippen LogP contribution in [0.15, 0.2) is 17.4 Å². The number of guanidine groups is 1. The number of hydrogen-bond acceptors (Lipinski definition) is 4. The molecule has 8 heteroatoms. The van der Waals surface area contributed by atoms with Crippen molar-refractivity contribution in [3.63, 3.8) is 0 Å². The molecular formula is C16H28IN5O2. The molecule has 2 rings (SSSR count). The molecule has 1 aromatic heterocycles. The molecule has 0 aliphatic carbocycles. The topological polar surface area (TPSA) is 71.8 Å². The van der Waals surface area contributed by atoms with Gasteiger partial charge in [-0.1, -0.05) is 0 Å². The van der Waals surface area contributed by atoms with Gasteiger partial charge in [-0.3, -0.25) is 14.5 Å². The minimum absolute atomic E-state index is 0. The van der Waals surface area contributed by atoms with Gasteiger partial charge in [0, 0.05) is 52.3 Å². The van der Waals surface area contributed by atoms with Crippen LogP contribution in [-0.2, 0) is 16.6 Å². The van der Waals surface area contributed by atoms with Gasteiger partial charge in [0.05, 0.1) is 13.3 Å². The van der Waals surface area contributed by atoms with Gasteiger partial charge >= 0.3 is 5.97 Å². The van der Waals surface area contributed by atoms with E-state index in [1.54, 1.807) is 0 Å². The number of nitrogens with zero attached hydrogens (tertiary/aromatic N) is 4. The number of unbranched alkanes of at least 4 members (excludes halogenated alkanes) is 1. The Balaban J connectivity index is 0.00000288. The lowest BCUT2D eigenvalue weighted by Gasteiger charge is -2.21. The molecule has 0 radical (unpaired) electrons. The number of methoxy groups -OCH3 is 1. The van der Waals surface area contributed by atoms with E-state index in [1.807, 2.05) is 25.0 Å². The first-order valence-corrected chi connectivity index (χ1v) is 8.15. The summed E-state index contributed by atoms with van der Waals surface area (Å²) in [7, 11) is 5.19. The van der Waals surface area contributed by atoms with Crippen molar-refractivity contribution in [1.29, 1.82) is 0 Å². The number of halogens is 1. The lowest BCUT2D eigenvalue weighted by Crippen LogP contribution is -2.40. The number of esters is 1. The van der Waals surface area contributed by atoms with Crippen molar-refractivity contribution >= 4 is 35.9 Å². The number of ether oxygens (including phenoxy) is 1. The Bertz CT molecular complexity index is 546. The van der Waals surface area contributed by atoms with E-state index in [2.05, 4.69) is 31.2 Å². The summed E-state index contributed by atoms with van der Waals surface area (Å²) < 4.78 is 6.49. The largest absolute Gasteiger partial charge is 0.469 e. The number of carbonyl (C=O) groups is 1. The van der Waals surface area contributed by atoms with Gasteiger partial charge < -0.3 is 15.0 Å². The normalized spacial score (nSPS) is 17.5. The van der Waals surface area contributed by atoms with Gasteiger partial charge in [-0.15, -0.1) is 24.0 Å². The van der Waals surface area contributed by atoms with Crippen LogP contribution >= 0.6 is 24.0 Å². The predicted octanol–water partition coefficient (Wildman–Crippen LogP) is 1.75. The molecule has 0 amide bonds. The maximum absolute atomic E-state index is 11.1. The third-order valence-corrected chi connectivity index (χ3v) is 4.21. The minimum atomic E-state index is -0.145. The molecule has 1 atom stereocenters. The molecule has 136 valence electrons. The summed E-state index contributed by atoms with van der Waals surface area (Å²) in [5.74, 6) is 1.31. The average Bonchev–Trinajstić information content (AvgIpc) is 3.19. The van der Waals surface area contributed by atoms with Crippen LogP contribution in [0.2, 0.25) is 0 Å². The second-order valence-corrected chi connectivity index (χ2v) is 5.89. The summed E-state index contributed by atoms with van der Waals surface area (Å²) in [6, 6.07) is 0. The molecule has 2 heterocycles. The smallest absolute Gasteiger partial charge is 0.305 e. The lowest BCUT2D eigenvalue weighted by molar-refractivity contribution is -0.140. The number of rotatable bonds is 6. The molecule has 1 aromatic rings. The Morgan fingerprint density at radius 3 is 2.92 bits per heavy atom. The van der Waals surface area contributed by atoms with E-state index in [0.29, 0.717) is 12.3 Å². The molecule has 0 bridgehead atoms. The molecule has 24 heavy (non-hydrogen) atoms. The maximum Gasteiger partial charge on any atom is 0.305 e. The summed E-state index contributed by atoms with van der Waals surface area (Å²) in [5.41, 5.74) is 1.29. The second-order valence-electron chi connectivity index (χ2n) is 5.89. The van der Waals surface area contributed by atoms with Gasteiger partial charge in [-0.05, 0) is 24.8 Å². The highest BCUT2D eigenvalue weighted by Crippen LogP contribution is 2.26. The number of aliphatic imine (C=N–C) groups is 1. The SMILES string of the molecule is CN=C(NCCCCC(=O)OC)N1CCC(c2cnn(C)c2)C1.I. The Kier molecular flexibility index (Phi) is 9.09. The molecule has 0 aromatic carbocycles. The van der Waals surface area contributed by atoms with Gasteiger partial charge in [0.15, 0.2) is 5.96 Å². The number of likely N-dealkylation sites (tertiary alicyclic amines) is 1. The number of hydrogen-bond donors (Lipinski definition) is 1. The third kappa shape index (κ3) is 5.95. The molecule has 1 unspecified atom stereocenters. The molecule has 1 aliphatic rings. The summed E-state index contributed by atoms with van der Waals surface area (Å²) in [4.78, 5) is 17.7. The van der Waals surface area contributed by atoms with Gasteiger partial charge in [-0.2, -0.15) is 5.10 Å². The predicted molar refractivity (Wildman–Crippen MR) is 105 cm³/mol. The highest BCUT2D eigenvalue weighted by molar-refractivity contribution is 14.0. The van der Waals surface area contributed by atoms with Crippen LogP contribution in [0, 0.1) is 0 Å². The first-order valence-electron chi connectivity index (χ1n) is 8.15. The van der Waals surface area contributed by atoms with Crippen LogP contribution < -0.4 is 5.32 Å². The van der Waals surface area contributed by atoms with E-state index < -0.39 is 0 Å². The van der Waals surface area contributed by atoms with Crippen molar-refractivity contribution in [3.8, 4) is 0 Å². The first kappa shape index (κ1) is 20.7. The van der Waals surface area contributed by atoms with Crippen molar-refractivity contribution in [1.82, 2.24) is 20.0 Å². The number of carbonyl (C=O) groups excluding carboxylic acids is 1. The fourth-order valence-corrected chi connectivity index (χ4v) is 2.90.